The second-order valence-electron chi connectivity index (χ2n) is 3.64. The first-order valence-electron chi connectivity index (χ1n) is 4.55. The molecule has 1 aromatic heterocycles. The molecule has 0 aromatic carbocycles. The van der Waals surface area contributed by atoms with Gasteiger partial charge in [0.05, 0.1) is 12.2 Å². The number of carbonyl (C=O) groups excluding carboxylic acids is 1. The van der Waals surface area contributed by atoms with Crippen molar-refractivity contribution < 1.29 is 9.32 Å². The molecular weight excluding hydrogens is 182 g/mol. The molecule has 0 unspecified atom stereocenters. The second kappa shape index (κ2) is 4.76. The van der Waals surface area contributed by atoms with E-state index in [-0.39, 0.29) is 5.91 Å². The van der Waals surface area contributed by atoms with E-state index in [4.69, 9.17) is 5.73 Å². The van der Waals surface area contributed by atoms with E-state index < -0.39 is 6.04 Å². The third-order valence-corrected chi connectivity index (χ3v) is 1.76. The van der Waals surface area contributed by atoms with E-state index in [0.29, 0.717) is 18.0 Å². The Kier molecular flexibility index (Phi) is 3.64. The van der Waals surface area contributed by atoms with Gasteiger partial charge < -0.3 is 15.6 Å². The molecule has 0 bridgehead atoms. The molecule has 1 rings (SSSR count). The second-order valence-corrected chi connectivity index (χ2v) is 3.64. The average molecular weight is 197 g/mol. The third-order valence-electron chi connectivity index (χ3n) is 1.76. The van der Waals surface area contributed by atoms with Gasteiger partial charge in [-0.25, -0.2) is 0 Å². The van der Waals surface area contributed by atoms with Gasteiger partial charge in [-0.2, -0.15) is 0 Å². The summed E-state index contributed by atoms with van der Waals surface area (Å²) in [5.74, 6) is 0.195. The van der Waals surface area contributed by atoms with Crippen molar-refractivity contribution in [1.82, 2.24) is 5.16 Å². The van der Waals surface area contributed by atoms with Crippen LogP contribution in [0, 0.1) is 5.92 Å². The molecule has 1 aromatic rings. The molecule has 0 aliphatic heterocycles. The number of aromatic nitrogens is 1. The Morgan fingerprint density at radius 3 is 2.93 bits per heavy atom. The molecule has 1 amide bonds. The minimum Gasteiger partial charge on any atom is -0.363 e. The summed E-state index contributed by atoms with van der Waals surface area (Å²) < 4.78 is 4.57. The fourth-order valence-electron chi connectivity index (χ4n) is 1.12. The maximum Gasteiger partial charge on any atom is 0.241 e. The number of amides is 1. The zero-order valence-electron chi connectivity index (χ0n) is 8.36. The maximum atomic E-state index is 11.4. The predicted octanol–water partition coefficient (Wildman–Crippen LogP) is 0.986. The fourth-order valence-corrected chi connectivity index (χ4v) is 1.12. The average Bonchev–Trinajstić information content (AvgIpc) is 2.55. The van der Waals surface area contributed by atoms with Gasteiger partial charge in [0, 0.05) is 0 Å². The van der Waals surface area contributed by atoms with Crippen LogP contribution in [0.15, 0.2) is 17.0 Å². The van der Waals surface area contributed by atoms with Crippen molar-refractivity contribution in [3.63, 3.8) is 0 Å². The molecule has 0 aliphatic carbocycles. The van der Waals surface area contributed by atoms with E-state index in [1.165, 1.54) is 12.5 Å². The van der Waals surface area contributed by atoms with Crippen molar-refractivity contribution in [3.05, 3.63) is 12.5 Å². The van der Waals surface area contributed by atoms with Crippen molar-refractivity contribution in [2.24, 2.45) is 11.7 Å². The van der Waals surface area contributed by atoms with Crippen LogP contribution in [-0.2, 0) is 4.79 Å². The lowest BCUT2D eigenvalue weighted by Crippen LogP contribution is -2.36. The van der Waals surface area contributed by atoms with Crippen molar-refractivity contribution in [1.29, 1.82) is 0 Å². The van der Waals surface area contributed by atoms with E-state index in [0.717, 1.165) is 0 Å². The van der Waals surface area contributed by atoms with E-state index in [1.807, 2.05) is 13.8 Å². The molecule has 0 radical (unpaired) electrons. The van der Waals surface area contributed by atoms with Crippen LogP contribution in [0.1, 0.15) is 20.3 Å². The van der Waals surface area contributed by atoms with Crippen LogP contribution < -0.4 is 11.1 Å². The minimum atomic E-state index is -0.482. The molecule has 0 fully saturated rings. The summed E-state index contributed by atoms with van der Waals surface area (Å²) in [6.45, 7) is 4.04. The van der Waals surface area contributed by atoms with Crippen LogP contribution in [0.2, 0.25) is 0 Å². The molecule has 5 nitrogen and oxygen atoms in total. The lowest BCUT2D eigenvalue weighted by Gasteiger charge is -2.12. The van der Waals surface area contributed by atoms with E-state index in [9.17, 15) is 4.79 Å². The summed E-state index contributed by atoms with van der Waals surface area (Å²) in [7, 11) is 0. The number of nitrogens with one attached hydrogen (secondary N) is 1. The Balaban J connectivity index is 2.42. The van der Waals surface area contributed by atoms with Crippen molar-refractivity contribution >= 4 is 11.6 Å². The molecule has 0 aliphatic rings. The molecule has 0 saturated carbocycles. The summed E-state index contributed by atoms with van der Waals surface area (Å²) in [5.41, 5.74) is 6.21. The summed E-state index contributed by atoms with van der Waals surface area (Å²) in [4.78, 5) is 11.4. The van der Waals surface area contributed by atoms with Gasteiger partial charge in [-0.15, -0.1) is 0 Å². The summed E-state index contributed by atoms with van der Waals surface area (Å²) in [5, 5.41) is 6.07. The Labute approximate surface area is 82.6 Å². The Hall–Kier alpha value is -1.36. The SMILES string of the molecule is CC(C)C[C@H](N)C(=O)Nc1cnoc1. The van der Waals surface area contributed by atoms with Gasteiger partial charge >= 0.3 is 0 Å². The normalized spacial score (nSPS) is 12.9. The Morgan fingerprint density at radius 1 is 1.71 bits per heavy atom. The van der Waals surface area contributed by atoms with Gasteiger partial charge in [-0.05, 0) is 12.3 Å². The lowest BCUT2D eigenvalue weighted by molar-refractivity contribution is -0.117. The van der Waals surface area contributed by atoms with Gasteiger partial charge in [-0.1, -0.05) is 19.0 Å². The van der Waals surface area contributed by atoms with E-state index >= 15 is 0 Å². The Morgan fingerprint density at radius 2 is 2.43 bits per heavy atom. The first kappa shape index (κ1) is 10.7. The quantitative estimate of drug-likeness (QED) is 0.754. The molecule has 1 atom stereocenters. The maximum absolute atomic E-state index is 11.4. The number of anilines is 1. The number of hydrogen-bond acceptors (Lipinski definition) is 4. The number of nitrogens with two attached hydrogens (primary N) is 1. The van der Waals surface area contributed by atoms with Crippen LogP contribution >= 0.6 is 0 Å². The number of rotatable bonds is 4. The van der Waals surface area contributed by atoms with Crippen LogP contribution in [0.3, 0.4) is 0 Å². The van der Waals surface area contributed by atoms with Crippen LogP contribution in [0.4, 0.5) is 5.69 Å². The molecule has 3 N–H and O–H groups in total. The smallest absolute Gasteiger partial charge is 0.241 e. The fraction of sp³-hybridized carbons (Fsp3) is 0.556. The van der Waals surface area contributed by atoms with Gasteiger partial charge in [-0.3, -0.25) is 4.79 Å². The molecule has 0 saturated heterocycles. The number of carbonyl (C=O) groups is 1. The van der Waals surface area contributed by atoms with Crippen molar-refractivity contribution in [3.8, 4) is 0 Å². The number of nitrogens with zero attached hydrogens (tertiary/aromatic N) is 1. The largest absolute Gasteiger partial charge is 0.363 e. The highest BCUT2D eigenvalue weighted by molar-refractivity contribution is 5.94. The summed E-state index contributed by atoms with van der Waals surface area (Å²) >= 11 is 0. The van der Waals surface area contributed by atoms with Gasteiger partial charge in [0.1, 0.15) is 12.0 Å². The van der Waals surface area contributed by atoms with Gasteiger partial charge in [0.15, 0.2) is 0 Å². The molecular formula is C9H15N3O2. The van der Waals surface area contributed by atoms with Crippen LogP contribution in [-0.4, -0.2) is 17.1 Å². The highest BCUT2D eigenvalue weighted by Crippen LogP contribution is 2.07. The first-order chi connectivity index (χ1) is 6.59. The van der Waals surface area contributed by atoms with Crippen LogP contribution in [0.5, 0.6) is 0 Å². The first-order valence-corrected chi connectivity index (χ1v) is 4.55. The van der Waals surface area contributed by atoms with Gasteiger partial charge in [0.2, 0.25) is 5.91 Å². The van der Waals surface area contributed by atoms with Gasteiger partial charge in [0.25, 0.3) is 0 Å². The summed E-state index contributed by atoms with van der Waals surface area (Å²) in [6.07, 6.45) is 3.46. The molecule has 0 spiro atoms. The monoisotopic (exact) mass is 197 g/mol. The standard InChI is InChI=1S/C9H15N3O2/c1-6(2)3-8(10)9(13)12-7-4-11-14-5-7/h4-6,8H,3,10H2,1-2H3,(H,12,13)/t8-/m0/s1. The molecule has 78 valence electrons. The minimum absolute atomic E-state index is 0.207. The number of hydrogen-bond donors (Lipinski definition) is 2. The van der Waals surface area contributed by atoms with Crippen LogP contribution in [0.25, 0.3) is 0 Å². The third kappa shape index (κ3) is 3.18. The molecule has 5 heteroatoms. The van der Waals surface area contributed by atoms with E-state index in [2.05, 4.69) is 15.0 Å². The zero-order chi connectivity index (χ0) is 10.6. The molecule has 14 heavy (non-hydrogen) atoms. The predicted molar refractivity (Wildman–Crippen MR) is 52.6 cm³/mol. The van der Waals surface area contributed by atoms with Crippen molar-refractivity contribution in [2.75, 3.05) is 5.32 Å². The molecule has 1 heterocycles. The lowest BCUT2D eigenvalue weighted by atomic mass is 10.0. The highest BCUT2D eigenvalue weighted by Gasteiger charge is 2.15. The topological polar surface area (TPSA) is 81.2 Å². The Bertz CT molecular complexity index is 282. The highest BCUT2D eigenvalue weighted by atomic mass is 16.5. The zero-order valence-corrected chi connectivity index (χ0v) is 8.36. The van der Waals surface area contributed by atoms with E-state index in [1.54, 1.807) is 0 Å². The summed E-state index contributed by atoms with van der Waals surface area (Å²) in [6, 6.07) is -0.482. The van der Waals surface area contributed by atoms with Crippen molar-refractivity contribution in [2.45, 2.75) is 26.3 Å².